The van der Waals surface area contributed by atoms with Gasteiger partial charge >= 0.3 is 0 Å². The number of nitrogens with zero attached hydrogens (tertiary/aromatic N) is 1. The van der Waals surface area contributed by atoms with Crippen LogP contribution in [-0.4, -0.2) is 0 Å². The van der Waals surface area contributed by atoms with E-state index in [1.54, 1.807) is 6.08 Å². The number of allylic oxidation sites excluding steroid dienone is 2. The van der Waals surface area contributed by atoms with Crippen LogP contribution in [0.4, 0.5) is 0 Å². The Morgan fingerprint density at radius 2 is 2.08 bits per heavy atom. The van der Waals surface area contributed by atoms with Gasteiger partial charge in [-0.25, -0.2) is 0 Å². The van der Waals surface area contributed by atoms with Crippen LogP contribution in [0.5, 0.6) is 0 Å². The fourth-order valence-corrected chi connectivity index (χ4v) is 1.30. The third kappa shape index (κ3) is 2.76. The normalized spacial score (nSPS) is 10.9. The fourth-order valence-electron chi connectivity index (χ4n) is 1.30. The van der Waals surface area contributed by atoms with E-state index < -0.39 is 0 Å². The first-order valence-corrected chi connectivity index (χ1v) is 4.52. The van der Waals surface area contributed by atoms with Gasteiger partial charge in [-0.2, -0.15) is 5.26 Å². The van der Waals surface area contributed by atoms with Crippen molar-refractivity contribution in [2.45, 2.75) is 19.8 Å². The molecule has 1 nitrogen and oxygen atoms in total. The monoisotopic (exact) mass is 171 g/mol. The van der Waals surface area contributed by atoms with Gasteiger partial charge in [-0.3, -0.25) is 0 Å². The highest BCUT2D eigenvalue weighted by molar-refractivity contribution is 5.67. The minimum atomic E-state index is 0.970. The lowest BCUT2D eigenvalue weighted by Crippen LogP contribution is -1.82. The number of hydrogen-bond acceptors (Lipinski definition) is 1. The second kappa shape index (κ2) is 5.16. The van der Waals surface area contributed by atoms with E-state index in [0.717, 1.165) is 24.0 Å². The molecule has 0 saturated heterocycles. The van der Waals surface area contributed by atoms with Crippen LogP contribution in [0, 0.1) is 11.3 Å². The first-order chi connectivity index (χ1) is 6.38. The standard InChI is InChI=1S/C12H13N/c1-2-6-11(9-10-13)12-7-4-3-5-8-12/h3-5,7-9H,2,6H2,1H3. The predicted molar refractivity (Wildman–Crippen MR) is 54.9 cm³/mol. The minimum Gasteiger partial charge on any atom is -0.193 e. The van der Waals surface area contributed by atoms with Gasteiger partial charge in [0.2, 0.25) is 0 Å². The zero-order chi connectivity index (χ0) is 9.52. The molecule has 0 saturated carbocycles. The maximum atomic E-state index is 8.60. The molecule has 0 spiro atoms. The van der Waals surface area contributed by atoms with Crippen molar-refractivity contribution in [3.8, 4) is 6.07 Å². The Bertz CT molecular complexity index is 317. The number of hydrogen-bond donors (Lipinski definition) is 0. The molecule has 0 aliphatic carbocycles. The molecule has 0 heterocycles. The Hall–Kier alpha value is -1.55. The van der Waals surface area contributed by atoms with Crippen molar-refractivity contribution >= 4 is 5.57 Å². The lowest BCUT2D eigenvalue weighted by Gasteiger charge is -2.03. The summed E-state index contributed by atoms with van der Waals surface area (Å²) in [6, 6.07) is 12.1. The summed E-state index contributed by atoms with van der Waals surface area (Å²) in [6.07, 6.45) is 3.68. The van der Waals surface area contributed by atoms with Crippen molar-refractivity contribution in [1.29, 1.82) is 5.26 Å². The van der Waals surface area contributed by atoms with Gasteiger partial charge < -0.3 is 0 Å². The molecule has 0 radical (unpaired) electrons. The predicted octanol–water partition coefficient (Wildman–Crippen LogP) is 3.39. The number of benzene rings is 1. The average Bonchev–Trinajstić information content (AvgIpc) is 2.19. The molecule has 0 aliphatic rings. The molecule has 0 amide bonds. The van der Waals surface area contributed by atoms with Crippen LogP contribution in [-0.2, 0) is 0 Å². The summed E-state index contributed by atoms with van der Waals surface area (Å²) in [6.45, 7) is 2.12. The Balaban J connectivity index is 2.91. The van der Waals surface area contributed by atoms with Crippen LogP contribution in [0.2, 0.25) is 0 Å². The molecule has 0 aliphatic heterocycles. The Kier molecular flexibility index (Phi) is 3.78. The quantitative estimate of drug-likeness (QED) is 0.639. The van der Waals surface area contributed by atoms with Crippen LogP contribution in [0.3, 0.4) is 0 Å². The van der Waals surface area contributed by atoms with E-state index in [0.29, 0.717) is 0 Å². The highest BCUT2D eigenvalue weighted by atomic mass is 14.2. The molecule has 0 N–H and O–H groups in total. The van der Waals surface area contributed by atoms with Crippen LogP contribution in [0.15, 0.2) is 36.4 Å². The summed E-state index contributed by atoms with van der Waals surface area (Å²) < 4.78 is 0. The summed E-state index contributed by atoms with van der Waals surface area (Å²) in [5.41, 5.74) is 2.29. The summed E-state index contributed by atoms with van der Waals surface area (Å²) in [5, 5.41) is 8.60. The zero-order valence-electron chi connectivity index (χ0n) is 7.83. The topological polar surface area (TPSA) is 23.8 Å². The van der Waals surface area contributed by atoms with Gasteiger partial charge in [0, 0.05) is 6.08 Å². The van der Waals surface area contributed by atoms with Crippen LogP contribution in [0.25, 0.3) is 5.57 Å². The van der Waals surface area contributed by atoms with E-state index in [9.17, 15) is 0 Å². The lowest BCUT2D eigenvalue weighted by molar-refractivity contribution is 0.973. The summed E-state index contributed by atoms with van der Waals surface area (Å²) in [7, 11) is 0. The summed E-state index contributed by atoms with van der Waals surface area (Å²) in [5.74, 6) is 0. The largest absolute Gasteiger partial charge is 0.193 e. The second-order valence-electron chi connectivity index (χ2n) is 2.91. The Morgan fingerprint density at radius 3 is 2.62 bits per heavy atom. The molecule has 1 rings (SSSR count). The zero-order valence-corrected chi connectivity index (χ0v) is 7.83. The van der Waals surface area contributed by atoms with E-state index in [1.165, 1.54) is 0 Å². The highest BCUT2D eigenvalue weighted by Crippen LogP contribution is 2.18. The van der Waals surface area contributed by atoms with Gasteiger partial charge in [-0.05, 0) is 17.6 Å². The van der Waals surface area contributed by atoms with Crippen molar-refractivity contribution in [2.24, 2.45) is 0 Å². The van der Waals surface area contributed by atoms with E-state index in [-0.39, 0.29) is 0 Å². The van der Waals surface area contributed by atoms with E-state index >= 15 is 0 Å². The van der Waals surface area contributed by atoms with E-state index in [4.69, 9.17) is 5.26 Å². The van der Waals surface area contributed by atoms with Crippen molar-refractivity contribution in [3.63, 3.8) is 0 Å². The summed E-state index contributed by atoms with van der Waals surface area (Å²) in [4.78, 5) is 0. The third-order valence-electron chi connectivity index (χ3n) is 1.90. The van der Waals surface area contributed by atoms with Gasteiger partial charge in [0.1, 0.15) is 0 Å². The van der Waals surface area contributed by atoms with Crippen LogP contribution < -0.4 is 0 Å². The Morgan fingerprint density at radius 1 is 1.38 bits per heavy atom. The molecule has 0 aromatic heterocycles. The minimum absolute atomic E-state index is 0.970. The summed E-state index contributed by atoms with van der Waals surface area (Å²) >= 11 is 0. The highest BCUT2D eigenvalue weighted by Gasteiger charge is 1.98. The van der Waals surface area contributed by atoms with Gasteiger partial charge in [0.15, 0.2) is 0 Å². The van der Waals surface area contributed by atoms with Crippen LogP contribution >= 0.6 is 0 Å². The molecule has 1 aromatic rings. The SMILES string of the molecule is CCCC(=CC#N)c1ccccc1. The van der Waals surface area contributed by atoms with Crippen molar-refractivity contribution < 1.29 is 0 Å². The van der Waals surface area contributed by atoms with Gasteiger partial charge in [-0.1, -0.05) is 43.7 Å². The molecule has 66 valence electrons. The first-order valence-electron chi connectivity index (χ1n) is 4.52. The van der Waals surface area contributed by atoms with E-state index in [2.05, 4.69) is 13.0 Å². The number of nitriles is 1. The smallest absolute Gasteiger partial charge is 0.0915 e. The maximum absolute atomic E-state index is 8.60. The third-order valence-corrected chi connectivity index (χ3v) is 1.90. The fraction of sp³-hybridized carbons (Fsp3) is 0.250. The van der Waals surface area contributed by atoms with Crippen molar-refractivity contribution in [2.75, 3.05) is 0 Å². The first kappa shape index (κ1) is 9.54. The van der Waals surface area contributed by atoms with E-state index in [1.807, 2.05) is 30.3 Å². The molecular formula is C12H13N. The lowest BCUT2D eigenvalue weighted by atomic mass is 10.0. The molecule has 13 heavy (non-hydrogen) atoms. The van der Waals surface area contributed by atoms with Gasteiger partial charge in [0.25, 0.3) is 0 Å². The molecular weight excluding hydrogens is 158 g/mol. The average molecular weight is 171 g/mol. The van der Waals surface area contributed by atoms with Crippen molar-refractivity contribution in [3.05, 3.63) is 42.0 Å². The van der Waals surface area contributed by atoms with Crippen LogP contribution in [0.1, 0.15) is 25.3 Å². The molecule has 0 bridgehead atoms. The number of rotatable bonds is 3. The van der Waals surface area contributed by atoms with Gasteiger partial charge in [0.05, 0.1) is 6.07 Å². The molecule has 0 unspecified atom stereocenters. The second-order valence-corrected chi connectivity index (χ2v) is 2.91. The molecule has 0 fully saturated rings. The molecule has 0 atom stereocenters. The Labute approximate surface area is 79.3 Å². The van der Waals surface area contributed by atoms with Crippen molar-refractivity contribution in [1.82, 2.24) is 0 Å². The molecule has 1 heteroatoms. The van der Waals surface area contributed by atoms with Gasteiger partial charge in [-0.15, -0.1) is 0 Å². The molecule has 1 aromatic carbocycles. The maximum Gasteiger partial charge on any atom is 0.0915 e.